The highest BCUT2D eigenvalue weighted by molar-refractivity contribution is 5.85. The van der Waals surface area contributed by atoms with Crippen molar-refractivity contribution in [3.05, 3.63) is 29.1 Å². The Labute approximate surface area is 135 Å². The number of methoxy groups -OCH3 is 1. The average Bonchev–Trinajstić information content (AvgIpc) is 2.83. The summed E-state index contributed by atoms with van der Waals surface area (Å²) in [5.74, 6) is 1.32. The molecule has 0 aromatic carbocycles. The van der Waals surface area contributed by atoms with E-state index in [1.165, 1.54) is 0 Å². The molecule has 7 nitrogen and oxygen atoms in total. The van der Waals surface area contributed by atoms with Crippen LogP contribution in [0.1, 0.15) is 17.0 Å². The van der Waals surface area contributed by atoms with Gasteiger partial charge in [0.1, 0.15) is 5.82 Å². The number of rotatable bonds is 4. The van der Waals surface area contributed by atoms with E-state index >= 15 is 0 Å². The van der Waals surface area contributed by atoms with Crippen LogP contribution in [-0.2, 0) is 17.7 Å². The van der Waals surface area contributed by atoms with E-state index in [0.717, 1.165) is 49.6 Å². The fourth-order valence-corrected chi connectivity index (χ4v) is 2.54. The van der Waals surface area contributed by atoms with Crippen LogP contribution in [0.2, 0.25) is 0 Å². The van der Waals surface area contributed by atoms with Crippen LogP contribution in [0.5, 0.6) is 0 Å². The van der Waals surface area contributed by atoms with Crippen molar-refractivity contribution in [2.24, 2.45) is 0 Å². The van der Waals surface area contributed by atoms with E-state index in [0.29, 0.717) is 11.6 Å². The fraction of sp³-hybridized carbons (Fsp3) is 0.500. The van der Waals surface area contributed by atoms with Crippen LogP contribution in [-0.4, -0.2) is 51.7 Å². The van der Waals surface area contributed by atoms with Gasteiger partial charge in [-0.05, 0) is 19.1 Å². The predicted molar refractivity (Wildman–Crippen MR) is 86.4 cm³/mol. The van der Waals surface area contributed by atoms with E-state index in [1.807, 2.05) is 19.1 Å². The molecule has 1 aliphatic heterocycles. The van der Waals surface area contributed by atoms with Gasteiger partial charge in [-0.15, -0.1) is 17.5 Å². The summed E-state index contributed by atoms with van der Waals surface area (Å²) in [5, 5.41) is 12.8. The summed E-state index contributed by atoms with van der Waals surface area (Å²) < 4.78 is 6.83. The highest BCUT2D eigenvalue weighted by atomic mass is 35.5. The zero-order chi connectivity index (χ0) is 14.8. The second kappa shape index (κ2) is 7.04. The first-order valence-electron chi connectivity index (χ1n) is 7.07. The maximum absolute atomic E-state index is 6.26. The Hall–Kier alpha value is -1.70. The molecule has 0 atom stereocenters. The standard InChI is InChI=1S/C14H20N6O.ClH/c1-10-3-4-13(17-16-10)20-14(15)11-9-19(7-8-21-2)6-5-12(11)18-20;/h3-4H,5-9,15H2,1-2H3;1H. The molecule has 0 radical (unpaired) electrons. The van der Waals surface area contributed by atoms with Crippen molar-refractivity contribution in [2.45, 2.75) is 19.9 Å². The van der Waals surface area contributed by atoms with Crippen molar-refractivity contribution in [1.82, 2.24) is 24.9 Å². The fourth-order valence-electron chi connectivity index (χ4n) is 2.54. The summed E-state index contributed by atoms with van der Waals surface area (Å²) in [7, 11) is 1.72. The SMILES string of the molecule is COCCN1CCc2nn(-c3ccc(C)nn3)c(N)c2C1.Cl. The Morgan fingerprint density at radius 1 is 1.32 bits per heavy atom. The molecule has 0 unspecified atom stereocenters. The minimum atomic E-state index is 0. The summed E-state index contributed by atoms with van der Waals surface area (Å²) >= 11 is 0. The van der Waals surface area contributed by atoms with Crippen LogP contribution in [0.3, 0.4) is 0 Å². The van der Waals surface area contributed by atoms with Crippen LogP contribution >= 0.6 is 12.4 Å². The van der Waals surface area contributed by atoms with Crippen LogP contribution in [0.15, 0.2) is 12.1 Å². The van der Waals surface area contributed by atoms with Crippen molar-refractivity contribution in [3.63, 3.8) is 0 Å². The molecule has 120 valence electrons. The van der Waals surface area contributed by atoms with E-state index in [4.69, 9.17) is 10.5 Å². The molecule has 0 aliphatic carbocycles. The molecule has 1 aliphatic rings. The lowest BCUT2D eigenvalue weighted by Crippen LogP contribution is -2.33. The van der Waals surface area contributed by atoms with Gasteiger partial charge in [0.05, 0.1) is 18.0 Å². The molecule has 3 heterocycles. The van der Waals surface area contributed by atoms with Gasteiger partial charge in [0.15, 0.2) is 5.82 Å². The molecule has 2 aromatic rings. The Morgan fingerprint density at radius 3 is 2.82 bits per heavy atom. The van der Waals surface area contributed by atoms with Crippen LogP contribution in [0, 0.1) is 6.92 Å². The number of aryl methyl sites for hydroxylation is 1. The minimum absolute atomic E-state index is 0. The maximum atomic E-state index is 6.26. The highest BCUT2D eigenvalue weighted by Crippen LogP contribution is 2.25. The molecule has 0 saturated carbocycles. The van der Waals surface area contributed by atoms with E-state index in [-0.39, 0.29) is 12.4 Å². The summed E-state index contributed by atoms with van der Waals surface area (Å²) in [6.45, 7) is 5.33. The third-order valence-electron chi connectivity index (χ3n) is 3.77. The number of nitrogen functional groups attached to an aromatic ring is 1. The van der Waals surface area contributed by atoms with Crippen LogP contribution in [0.4, 0.5) is 5.82 Å². The zero-order valence-corrected chi connectivity index (χ0v) is 13.6. The number of anilines is 1. The Bertz CT molecular complexity index is 627. The van der Waals surface area contributed by atoms with Gasteiger partial charge in [0.25, 0.3) is 0 Å². The van der Waals surface area contributed by atoms with Crippen molar-refractivity contribution < 1.29 is 4.74 Å². The second-order valence-electron chi connectivity index (χ2n) is 5.27. The number of nitrogens with zero attached hydrogens (tertiary/aromatic N) is 5. The van der Waals surface area contributed by atoms with Gasteiger partial charge in [-0.2, -0.15) is 14.9 Å². The number of halogens is 1. The van der Waals surface area contributed by atoms with Crippen LogP contribution in [0.25, 0.3) is 5.82 Å². The van der Waals surface area contributed by atoms with Crippen molar-refractivity contribution in [3.8, 4) is 5.82 Å². The van der Waals surface area contributed by atoms with E-state index in [9.17, 15) is 0 Å². The Morgan fingerprint density at radius 2 is 2.14 bits per heavy atom. The molecule has 0 bridgehead atoms. The first kappa shape index (κ1) is 16.7. The third-order valence-corrected chi connectivity index (χ3v) is 3.77. The van der Waals surface area contributed by atoms with Gasteiger partial charge in [-0.25, -0.2) is 0 Å². The summed E-state index contributed by atoms with van der Waals surface area (Å²) in [6, 6.07) is 3.80. The molecular weight excluding hydrogens is 304 g/mol. The van der Waals surface area contributed by atoms with Crippen molar-refractivity contribution in [2.75, 3.05) is 32.5 Å². The monoisotopic (exact) mass is 324 g/mol. The summed E-state index contributed by atoms with van der Waals surface area (Å²) in [6.07, 6.45) is 0.898. The van der Waals surface area contributed by atoms with Gasteiger partial charge >= 0.3 is 0 Å². The largest absolute Gasteiger partial charge is 0.383 e. The molecule has 0 amide bonds. The van der Waals surface area contributed by atoms with Crippen molar-refractivity contribution in [1.29, 1.82) is 0 Å². The number of fused-ring (bicyclic) bond motifs is 1. The van der Waals surface area contributed by atoms with Crippen LogP contribution < -0.4 is 5.73 Å². The van der Waals surface area contributed by atoms with Gasteiger partial charge in [0, 0.05) is 38.7 Å². The highest BCUT2D eigenvalue weighted by Gasteiger charge is 2.24. The summed E-state index contributed by atoms with van der Waals surface area (Å²) in [4.78, 5) is 2.33. The molecule has 2 aromatic heterocycles. The topological polar surface area (TPSA) is 82.1 Å². The Kier molecular flexibility index (Phi) is 5.33. The molecule has 0 saturated heterocycles. The van der Waals surface area contributed by atoms with Gasteiger partial charge in [0.2, 0.25) is 0 Å². The van der Waals surface area contributed by atoms with E-state index < -0.39 is 0 Å². The lowest BCUT2D eigenvalue weighted by Gasteiger charge is -2.25. The third kappa shape index (κ3) is 3.21. The first-order chi connectivity index (χ1) is 10.2. The number of hydrogen-bond acceptors (Lipinski definition) is 6. The quantitative estimate of drug-likeness (QED) is 0.902. The predicted octanol–water partition coefficient (Wildman–Crippen LogP) is 0.979. The molecule has 3 rings (SSSR count). The van der Waals surface area contributed by atoms with E-state index in [2.05, 4.69) is 20.2 Å². The van der Waals surface area contributed by atoms with Gasteiger partial charge in [-0.1, -0.05) is 0 Å². The molecule has 8 heteroatoms. The van der Waals surface area contributed by atoms with E-state index in [1.54, 1.807) is 11.8 Å². The maximum Gasteiger partial charge on any atom is 0.178 e. The molecule has 2 N–H and O–H groups in total. The normalized spacial score (nSPS) is 14.5. The Balaban J connectivity index is 0.00000176. The number of aromatic nitrogens is 4. The molecular formula is C14H21ClN6O. The number of nitrogens with two attached hydrogens (primary N) is 1. The van der Waals surface area contributed by atoms with Gasteiger partial charge in [-0.3, -0.25) is 4.90 Å². The van der Waals surface area contributed by atoms with Gasteiger partial charge < -0.3 is 10.5 Å². The lowest BCUT2D eigenvalue weighted by molar-refractivity contribution is 0.140. The molecule has 22 heavy (non-hydrogen) atoms. The smallest absolute Gasteiger partial charge is 0.178 e. The minimum Gasteiger partial charge on any atom is -0.383 e. The number of ether oxygens (including phenoxy) is 1. The second-order valence-corrected chi connectivity index (χ2v) is 5.27. The first-order valence-corrected chi connectivity index (χ1v) is 7.07. The summed E-state index contributed by atoms with van der Waals surface area (Å²) in [5.41, 5.74) is 9.29. The average molecular weight is 325 g/mol. The zero-order valence-electron chi connectivity index (χ0n) is 12.8. The molecule has 0 spiro atoms. The van der Waals surface area contributed by atoms with Crippen molar-refractivity contribution >= 4 is 18.2 Å². The molecule has 0 fully saturated rings. The number of hydrogen-bond donors (Lipinski definition) is 1. The lowest BCUT2D eigenvalue weighted by atomic mass is 10.1.